The first-order valence-electron chi connectivity index (χ1n) is 10.5. The van der Waals surface area contributed by atoms with E-state index in [1.165, 1.54) is 18.2 Å². The molecule has 2 aliphatic heterocycles. The number of non-ortho nitro benzene ring substituents is 1. The molecule has 0 unspecified atom stereocenters. The van der Waals surface area contributed by atoms with Gasteiger partial charge >= 0.3 is 6.03 Å². The van der Waals surface area contributed by atoms with Gasteiger partial charge < -0.3 is 10.2 Å². The van der Waals surface area contributed by atoms with Crippen molar-refractivity contribution in [3.63, 3.8) is 0 Å². The summed E-state index contributed by atoms with van der Waals surface area (Å²) in [6, 6.07) is 8.73. The number of urea groups is 1. The van der Waals surface area contributed by atoms with Crippen LogP contribution in [0.25, 0.3) is 6.08 Å². The minimum atomic E-state index is -0.843. The quantitative estimate of drug-likeness (QED) is 0.318. The Kier molecular flexibility index (Phi) is 5.93. The van der Waals surface area contributed by atoms with Crippen molar-refractivity contribution in [2.45, 2.75) is 13.8 Å². The summed E-state index contributed by atoms with van der Waals surface area (Å²) in [5, 5.41) is 16.8. The average molecular weight is 449 g/mol. The number of hydrogen-bond acceptors (Lipinski definition) is 7. The van der Waals surface area contributed by atoms with E-state index in [2.05, 4.69) is 10.6 Å². The lowest BCUT2D eigenvalue weighted by Crippen LogP contribution is -2.54. The fraction of sp³-hybridized carbons (Fsp3) is 0.261. The summed E-state index contributed by atoms with van der Waals surface area (Å²) in [6.45, 7) is 6.45. The number of piperazine rings is 1. The Hall–Kier alpha value is -4.05. The zero-order valence-corrected chi connectivity index (χ0v) is 18.3. The number of barbiturate groups is 1. The maximum absolute atomic E-state index is 13.3. The van der Waals surface area contributed by atoms with E-state index in [0.717, 1.165) is 29.1 Å². The number of carbonyl (C=O) groups is 3. The Morgan fingerprint density at radius 3 is 2.45 bits per heavy atom. The minimum Gasteiger partial charge on any atom is -0.368 e. The van der Waals surface area contributed by atoms with Crippen molar-refractivity contribution < 1.29 is 19.3 Å². The zero-order chi connectivity index (χ0) is 23.7. The predicted molar refractivity (Wildman–Crippen MR) is 123 cm³/mol. The number of rotatable bonds is 4. The van der Waals surface area contributed by atoms with Crippen LogP contribution in [0.3, 0.4) is 0 Å². The van der Waals surface area contributed by atoms with Crippen LogP contribution in [0.2, 0.25) is 0 Å². The van der Waals surface area contributed by atoms with Crippen LogP contribution in [-0.4, -0.2) is 48.9 Å². The highest BCUT2D eigenvalue weighted by molar-refractivity contribution is 6.39. The van der Waals surface area contributed by atoms with E-state index in [4.69, 9.17) is 0 Å². The third-order valence-corrected chi connectivity index (χ3v) is 5.90. The molecule has 4 rings (SSSR count). The van der Waals surface area contributed by atoms with E-state index in [1.54, 1.807) is 25.1 Å². The third kappa shape index (κ3) is 4.20. The monoisotopic (exact) mass is 449 g/mol. The van der Waals surface area contributed by atoms with Gasteiger partial charge in [0.2, 0.25) is 0 Å². The van der Waals surface area contributed by atoms with Gasteiger partial charge in [-0.1, -0.05) is 12.1 Å². The number of anilines is 2. The second-order valence-corrected chi connectivity index (χ2v) is 7.91. The van der Waals surface area contributed by atoms with Crippen LogP contribution in [0, 0.1) is 24.0 Å². The number of imide groups is 2. The van der Waals surface area contributed by atoms with Crippen molar-refractivity contribution >= 4 is 41.0 Å². The number of nitrogens with one attached hydrogen (secondary N) is 2. The predicted octanol–water partition coefficient (Wildman–Crippen LogP) is 2.29. The first-order valence-corrected chi connectivity index (χ1v) is 10.5. The molecular formula is C23H23N5O5. The largest absolute Gasteiger partial charge is 0.368 e. The normalized spacial score (nSPS) is 18.0. The molecule has 2 aromatic carbocycles. The average Bonchev–Trinajstić information content (AvgIpc) is 2.79. The first-order chi connectivity index (χ1) is 15.8. The van der Waals surface area contributed by atoms with Gasteiger partial charge in [0.1, 0.15) is 5.57 Å². The SMILES string of the molecule is Cc1cccc(N2C(=O)NC(=O)/C(=C/c3cc([N+](=O)[O-])ccc3N3CCNCC3)C2=O)c1C. The van der Waals surface area contributed by atoms with E-state index in [1.807, 2.05) is 17.9 Å². The van der Waals surface area contributed by atoms with Crippen LogP contribution in [0.1, 0.15) is 16.7 Å². The van der Waals surface area contributed by atoms with Gasteiger partial charge in [0.15, 0.2) is 0 Å². The van der Waals surface area contributed by atoms with Crippen LogP contribution in [0.4, 0.5) is 21.9 Å². The standard InChI is InChI=1S/C23H23N5O5/c1-14-4-3-5-19(15(14)2)27-22(30)18(21(29)25-23(27)31)13-16-12-17(28(32)33)6-7-20(16)26-10-8-24-9-11-26/h3-7,12-13,24H,8-11H2,1-2H3,(H,25,29,31)/b18-13-. The third-order valence-electron chi connectivity index (χ3n) is 5.90. The van der Waals surface area contributed by atoms with Crippen LogP contribution >= 0.6 is 0 Å². The molecule has 2 fully saturated rings. The van der Waals surface area contributed by atoms with Gasteiger partial charge in [0.05, 0.1) is 10.6 Å². The molecule has 2 saturated heterocycles. The Labute approximate surface area is 190 Å². The highest BCUT2D eigenvalue weighted by Gasteiger charge is 2.38. The number of nitro benzene ring substituents is 1. The Morgan fingerprint density at radius 2 is 1.76 bits per heavy atom. The van der Waals surface area contributed by atoms with Crippen molar-refractivity contribution in [2.24, 2.45) is 0 Å². The van der Waals surface area contributed by atoms with Gasteiger partial charge in [-0.3, -0.25) is 25.0 Å². The molecule has 2 aliphatic rings. The van der Waals surface area contributed by atoms with Crippen LogP contribution in [-0.2, 0) is 9.59 Å². The van der Waals surface area contributed by atoms with Crippen molar-refractivity contribution in [3.05, 3.63) is 68.8 Å². The van der Waals surface area contributed by atoms with E-state index in [9.17, 15) is 24.5 Å². The molecule has 2 N–H and O–H groups in total. The molecular weight excluding hydrogens is 426 g/mol. The second kappa shape index (κ2) is 8.83. The number of nitrogens with zero attached hydrogens (tertiary/aromatic N) is 3. The number of carbonyl (C=O) groups excluding carboxylic acids is 3. The molecule has 0 aromatic heterocycles. The molecule has 0 spiro atoms. The molecule has 4 amide bonds. The van der Waals surface area contributed by atoms with E-state index >= 15 is 0 Å². The number of amides is 4. The highest BCUT2D eigenvalue weighted by Crippen LogP contribution is 2.31. The fourth-order valence-corrected chi connectivity index (χ4v) is 3.97. The summed E-state index contributed by atoms with van der Waals surface area (Å²) in [5.74, 6) is -1.63. The number of hydrogen-bond donors (Lipinski definition) is 2. The minimum absolute atomic E-state index is 0.160. The van der Waals surface area contributed by atoms with Gasteiger partial charge in [0.25, 0.3) is 17.5 Å². The van der Waals surface area contributed by atoms with Crippen molar-refractivity contribution in [1.29, 1.82) is 0 Å². The molecule has 170 valence electrons. The summed E-state index contributed by atoms with van der Waals surface area (Å²) in [6.07, 6.45) is 1.33. The van der Waals surface area contributed by atoms with E-state index in [-0.39, 0.29) is 11.3 Å². The van der Waals surface area contributed by atoms with Gasteiger partial charge in [0, 0.05) is 49.6 Å². The second-order valence-electron chi connectivity index (χ2n) is 7.91. The highest BCUT2D eigenvalue weighted by atomic mass is 16.6. The number of benzene rings is 2. The van der Waals surface area contributed by atoms with E-state index < -0.39 is 22.8 Å². The van der Waals surface area contributed by atoms with E-state index in [0.29, 0.717) is 30.0 Å². The molecule has 10 heteroatoms. The molecule has 2 heterocycles. The molecule has 0 bridgehead atoms. The fourth-order valence-electron chi connectivity index (χ4n) is 3.97. The van der Waals surface area contributed by atoms with Crippen LogP contribution in [0.5, 0.6) is 0 Å². The zero-order valence-electron chi connectivity index (χ0n) is 18.3. The summed E-state index contributed by atoms with van der Waals surface area (Å²) in [5.41, 5.74) is 2.59. The van der Waals surface area contributed by atoms with Crippen LogP contribution in [0.15, 0.2) is 42.0 Å². The maximum atomic E-state index is 13.3. The van der Waals surface area contributed by atoms with Gasteiger partial charge in [-0.25, -0.2) is 9.69 Å². The number of aryl methyl sites for hydroxylation is 1. The molecule has 2 aromatic rings. The molecule has 0 atom stereocenters. The van der Waals surface area contributed by atoms with Crippen molar-refractivity contribution in [1.82, 2.24) is 10.6 Å². The van der Waals surface area contributed by atoms with Gasteiger partial charge in [-0.15, -0.1) is 0 Å². The molecule has 0 aliphatic carbocycles. The van der Waals surface area contributed by atoms with Crippen molar-refractivity contribution in [3.8, 4) is 0 Å². The molecule has 0 saturated carbocycles. The summed E-state index contributed by atoms with van der Waals surface area (Å²) >= 11 is 0. The first kappa shape index (κ1) is 22.2. The van der Waals surface area contributed by atoms with Gasteiger partial charge in [-0.05, 0) is 43.2 Å². The van der Waals surface area contributed by atoms with Crippen LogP contribution < -0.4 is 20.4 Å². The Morgan fingerprint density at radius 1 is 1.03 bits per heavy atom. The molecule has 10 nitrogen and oxygen atoms in total. The summed E-state index contributed by atoms with van der Waals surface area (Å²) in [7, 11) is 0. The topological polar surface area (TPSA) is 125 Å². The van der Waals surface area contributed by atoms with Crippen molar-refractivity contribution in [2.75, 3.05) is 36.0 Å². The maximum Gasteiger partial charge on any atom is 0.335 e. The summed E-state index contributed by atoms with van der Waals surface area (Å²) < 4.78 is 0. The lowest BCUT2D eigenvalue weighted by molar-refractivity contribution is -0.384. The number of nitro groups is 1. The lowest BCUT2D eigenvalue weighted by atomic mass is 10.0. The lowest BCUT2D eigenvalue weighted by Gasteiger charge is -2.31. The Balaban J connectivity index is 1.81. The smallest absolute Gasteiger partial charge is 0.335 e. The Bertz CT molecular complexity index is 1200. The summed E-state index contributed by atoms with van der Waals surface area (Å²) in [4.78, 5) is 52.4. The van der Waals surface area contributed by atoms with Gasteiger partial charge in [-0.2, -0.15) is 0 Å². The molecule has 33 heavy (non-hydrogen) atoms. The molecule has 0 radical (unpaired) electrons.